The molecule has 3 rings (SSSR count). The molecule has 3 aromatic rings. The minimum absolute atomic E-state index is 0.580. The molecule has 1 heterocycles. The van der Waals surface area contributed by atoms with Crippen molar-refractivity contribution in [2.75, 3.05) is 49.8 Å². The summed E-state index contributed by atoms with van der Waals surface area (Å²) in [4.78, 5) is 0. The molecule has 0 radical (unpaired) electrons. The van der Waals surface area contributed by atoms with E-state index in [9.17, 15) is 0 Å². The van der Waals surface area contributed by atoms with Crippen LogP contribution in [-0.4, -0.2) is 49.8 Å². The van der Waals surface area contributed by atoms with E-state index < -0.39 is 18.5 Å². The van der Waals surface area contributed by atoms with E-state index in [1.165, 1.54) is 0 Å². The quantitative estimate of drug-likeness (QED) is 0.321. The molecule has 0 spiro atoms. The molecule has 0 N–H and O–H groups in total. The number of methoxy groups -OCH3 is 7. The van der Waals surface area contributed by atoms with Crippen molar-refractivity contribution in [2.45, 2.75) is 18.5 Å². The van der Waals surface area contributed by atoms with Crippen LogP contribution in [0, 0.1) is 0 Å². The van der Waals surface area contributed by atoms with E-state index >= 15 is 0 Å². The van der Waals surface area contributed by atoms with Gasteiger partial charge < -0.3 is 23.7 Å². The smallest absolute Gasteiger partial charge is 0.423 e. The minimum Gasteiger partial charge on any atom is -0.496 e. The van der Waals surface area contributed by atoms with Crippen molar-refractivity contribution in [3.8, 4) is 5.75 Å². The number of hydrogen-bond donors (Lipinski definition) is 0. The van der Waals surface area contributed by atoms with Gasteiger partial charge in [-0.15, -0.1) is 4.57 Å². The Hall–Kier alpha value is -2.59. The number of pyridine rings is 1. The normalized spacial score (nSPS) is 12.2. The van der Waals surface area contributed by atoms with Gasteiger partial charge in [0.1, 0.15) is 11.3 Å². The van der Waals surface area contributed by atoms with Gasteiger partial charge in [0.05, 0.1) is 12.5 Å². The molecule has 178 valence electrons. The Morgan fingerprint density at radius 3 is 1.85 bits per heavy atom. The molecule has 0 bridgehead atoms. The van der Waals surface area contributed by atoms with Crippen molar-refractivity contribution in [1.29, 1.82) is 0 Å². The van der Waals surface area contributed by atoms with Gasteiger partial charge in [-0.2, -0.15) is 0 Å². The fourth-order valence-corrected chi connectivity index (χ4v) is 4.24. The summed E-state index contributed by atoms with van der Waals surface area (Å²) in [5.74, 6) is -0.900. The van der Waals surface area contributed by atoms with E-state index in [-0.39, 0.29) is 0 Å². The van der Waals surface area contributed by atoms with Crippen LogP contribution in [0.5, 0.6) is 5.75 Å². The summed E-state index contributed by atoms with van der Waals surface area (Å²) in [6.45, 7) is 0. The Bertz CT molecular complexity index is 1060. The van der Waals surface area contributed by atoms with Crippen LogP contribution in [0.15, 0.2) is 54.6 Å². The van der Waals surface area contributed by atoms with Crippen LogP contribution in [0.2, 0.25) is 0 Å². The zero-order chi connectivity index (χ0) is 24.0. The molecule has 8 nitrogen and oxygen atoms in total. The lowest BCUT2D eigenvalue weighted by atomic mass is 10.0. The number of benzene rings is 2. The van der Waals surface area contributed by atoms with Gasteiger partial charge in [-0.25, -0.2) is 0 Å². The SMILES string of the molecule is COc1ccccc1C(OC)(OC)[n+]1c(C(OC)OC)cc2ccccc2c1C(OC)OC. The minimum atomic E-state index is -1.48. The second kappa shape index (κ2) is 11.0. The number of fused-ring (bicyclic) bond motifs is 1. The van der Waals surface area contributed by atoms with Crippen LogP contribution in [0.25, 0.3) is 10.8 Å². The van der Waals surface area contributed by atoms with E-state index in [4.69, 9.17) is 33.2 Å². The van der Waals surface area contributed by atoms with Crippen LogP contribution >= 0.6 is 0 Å². The molecule has 8 heteroatoms. The van der Waals surface area contributed by atoms with E-state index in [1.54, 1.807) is 49.8 Å². The molecule has 2 aromatic carbocycles. The maximum absolute atomic E-state index is 6.15. The van der Waals surface area contributed by atoms with Crippen LogP contribution < -0.4 is 9.30 Å². The Morgan fingerprint density at radius 1 is 0.697 bits per heavy atom. The molecule has 0 aliphatic carbocycles. The van der Waals surface area contributed by atoms with Gasteiger partial charge in [0.25, 0.3) is 5.69 Å². The number of para-hydroxylation sites is 1. The predicted octanol–water partition coefficient (Wildman–Crippen LogP) is 3.67. The molecular weight excluding hydrogens is 426 g/mol. The predicted molar refractivity (Wildman–Crippen MR) is 122 cm³/mol. The van der Waals surface area contributed by atoms with Gasteiger partial charge in [-0.05, 0) is 23.6 Å². The van der Waals surface area contributed by atoms with Gasteiger partial charge in [0.2, 0.25) is 18.3 Å². The van der Waals surface area contributed by atoms with Crippen molar-refractivity contribution in [3.63, 3.8) is 0 Å². The first-order valence-electron chi connectivity index (χ1n) is 10.4. The molecule has 0 unspecified atom stereocenters. The van der Waals surface area contributed by atoms with E-state index in [1.807, 2.05) is 59.2 Å². The first kappa shape index (κ1) is 25.0. The topological polar surface area (TPSA) is 68.5 Å². The third-order valence-electron chi connectivity index (χ3n) is 5.66. The Labute approximate surface area is 194 Å². The van der Waals surface area contributed by atoms with Crippen molar-refractivity contribution < 1.29 is 37.7 Å². The molecule has 0 amide bonds. The summed E-state index contributed by atoms with van der Waals surface area (Å²) in [6, 6.07) is 17.4. The van der Waals surface area contributed by atoms with Crippen LogP contribution in [-0.2, 0) is 34.3 Å². The van der Waals surface area contributed by atoms with Gasteiger partial charge >= 0.3 is 5.91 Å². The van der Waals surface area contributed by atoms with Gasteiger partial charge in [0.15, 0.2) is 0 Å². The van der Waals surface area contributed by atoms with Crippen LogP contribution in [0.4, 0.5) is 0 Å². The zero-order valence-electron chi connectivity index (χ0n) is 20.2. The molecule has 0 atom stereocenters. The summed E-state index contributed by atoms with van der Waals surface area (Å²) in [5, 5.41) is 1.83. The number of rotatable bonds is 11. The standard InChI is InChI=1S/C25H32NO7/c1-27-21-15-11-10-14-19(21)25(32-6,33-7)26-20(23(28-2)29-3)16-17-12-8-9-13-18(17)22(26)24(30-4)31-5/h8-16,23-24H,1-7H3/q+1. The first-order chi connectivity index (χ1) is 16.1. The average Bonchev–Trinajstić information content (AvgIpc) is 2.87. The highest BCUT2D eigenvalue weighted by Crippen LogP contribution is 2.36. The maximum atomic E-state index is 6.15. The highest BCUT2D eigenvalue weighted by Gasteiger charge is 2.53. The third kappa shape index (κ3) is 4.33. The summed E-state index contributed by atoms with van der Waals surface area (Å²) in [6.07, 6.45) is -1.51. The number of nitrogens with zero attached hydrogens (tertiary/aromatic N) is 1. The van der Waals surface area contributed by atoms with E-state index in [0.29, 0.717) is 22.7 Å². The molecule has 0 saturated heterocycles. The average molecular weight is 459 g/mol. The fourth-order valence-electron chi connectivity index (χ4n) is 4.24. The second-order valence-corrected chi connectivity index (χ2v) is 7.17. The lowest BCUT2D eigenvalue weighted by molar-refractivity contribution is -0.857. The highest BCUT2D eigenvalue weighted by atomic mass is 16.7. The molecule has 33 heavy (non-hydrogen) atoms. The van der Waals surface area contributed by atoms with Crippen molar-refractivity contribution in [2.24, 2.45) is 0 Å². The van der Waals surface area contributed by atoms with Gasteiger partial charge in [-0.1, -0.05) is 30.3 Å². The second-order valence-electron chi connectivity index (χ2n) is 7.17. The monoisotopic (exact) mass is 458 g/mol. The third-order valence-corrected chi connectivity index (χ3v) is 5.66. The molecular formula is C25H32NO7+. The molecule has 0 saturated carbocycles. The van der Waals surface area contributed by atoms with E-state index in [2.05, 4.69) is 0 Å². The number of hydrogen-bond acceptors (Lipinski definition) is 7. The van der Waals surface area contributed by atoms with Crippen molar-refractivity contribution in [1.82, 2.24) is 0 Å². The maximum Gasteiger partial charge on any atom is 0.423 e. The van der Waals surface area contributed by atoms with Crippen molar-refractivity contribution in [3.05, 3.63) is 71.5 Å². The summed E-state index contributed by atoms with van der Waals surface area (Å²) >= 11 is 0. The Kier molecular flexibility index (Phi) is 8.36. The summed E-state index contributed by atoms with van der Waals surface area (Å²) < 4.78 is 42.7. The highest BCUT2D eigenvalue weighted by molar-refractivity contribution is 5.84. The number of aromatic nitrogens is 1. The molecule has 1 aromatic heterocycles. The van der Waals surface area contributed by atoms with Gasteiger partial charge in [0, 0.05) is 48.7 Å². The zero-order valence-corrected chi connectivity index (χ0v) is 20.2. The Morgan fingerprint density at radius 2 is 1.27 bits per heavy atom. The molecule has 0 fully saturated rings. The lowest BCUT2D eigenvalue weighted by Gasteiger charge is -2.31. The summed E-state index contributed by atoms with van der Waals surface area (Å²) in [7, 11) is 11.0. The molecule has 0 aliphatic rings. The van der Waals surface area contributed by atoms with E-state index in [0.717, 1.165) is 10.8 Å². The van der Waals surface area contributed by atoms with Crippen LogP contribution in [0.1, 0.15) is 29.5 Å². The first-order valence-corrected chi connectivity index (χ1v) is 10.4. The molecule has 0 aliphatic heterocycles. The summed E-state index contributed by atoms with van der Waals surface area (Å²) in [5.41, 5.74) is 1.92. The fraction of sp³-hybridized carbons (Fsp3) is 0.400. The van der Waals surface area contributed by atoms with Gasteiger partial charge in [-0.3, -0.25) is 9.47 Å². The lowest BCUT2D eigenvalue weighted by Crippen LogP contribution is -2.65. The largest absolute Gasteiger partial charge is 0.496 e. The Balaban J connectivity index is 2.58. The number of ether oxygens (including phenoxy) is 7. The van der Waals surface area contributed by atoms with Crippen molar-refractivity contribution >= 4 is 10.8 Å². The van der Waals surface area contributed by atoms with Crippen LogP contribution in [0.3, 0.4) is 0 Å².